The summed E-state index contributed by atoms with van der Waals surface area (Å²) in [6.45, 7) is 16.3. The molecule has 1 N–H and O–H groups in total. The summed E-state index contributed by atoms with van der Waals surface area (Å²) < 4.78 is 5.77. The van der Waals surface area contributed by atoms with Crippen LogP contribution in [-0.4, -0.2) is 48.8 Å². The average Bonchev–Trinajstić information content (AvgIpc) is 2.93. The molecule has 0 radical (unpaired) electrons. The lowest BCUT2D eigenvalue weighted by atomic mass is 9.81. The molecule has 3 nitrogen and oxygen atoms in total. The molecule has 0 aliphatic carbocycles. The molecule has 3 unspecified atom stereocenters. The van der Waals surface area contributed by atoms with E-state index in [4.69, 9.17) is 4.74 Å². The minimum absolute atomic E-state index is 0.318. The van der Waals surface area contributed by atoms with Crippen LogP contribution in [0.5, 0.6) is 0 Å². The first-order valence-corrected chi connectivity index (χ1v) is 8.95. The van der Waals surface area contributed by atoms with E-state index in [1.54, 1.807) is 0 Å². The first-order valence-electron chi connectivity index (χ1n) is 8.95. The van der Waals surface area contributed by atoms with Gasteiger partial charge in [0, 0.05) is 31.3 Å². The molecule has 0 aromatic carbocycles. The van der Waals surface area contributed by atoms with Crippen LogP contribution in [0.15, 0.2) is 0 Å². The zero-order valence-corrected chi connectivity index (χ0v) is 14.9. The molecule has 0 amide bonds. The van der Waals surface area contributed by atoms with Crippen molar-refractivity contribution in [3.8, 4) is 0 Å². The summed E-state index contributed by atoms with van der Waals surface area (Å²) in [5.41, 5.74) is 0.653. The van der Waals surface area contributed by atoms with Crippen molar-refractivity contribution in [2.24, 2.45) is 5.41 Å². The third-order valence-electron chi connectivity index (χ3n) is 5.68. The maximum Gasteiger partial charge on any atom is 0.0576 e. The molecule has 21 heavy (non-hydrogen) atoms. The highest BCUT2D eigenvalue weighted by Gasteiger charge is 2.39. The summed E-state index contributed by atoms with van der Waals surface area (Å²) in [7, 11) is 0. The van der Waals surface area contributed by atoms with Crippen LogP contribution in [-0.2, 0) is 4.74 Å². The van der Waals surface area contributed by atoms with Gasteiger partial charge in [0.25, 0.3) is 0 Å². The molecule has 2 fully saturated rings. The van der Waals surface area contributed by atoms with Crippen molar-refractivity contribution < 1.29 is 4.74 Å². The van der Waals surface area contributed by atoms with Crippen molar-refractivity contribution in [1.29, 1.82) is 0 Å². The first kappa shape index (κ1) is 17.2. The second-order valence-corrected chi connectivity index (χ2v) is 8.37. The van der Waals surface area contributed by atoms with E-state index < -0.39 is 0 Å². The smallest absolute Gasteiger partial charge is 0.0576 e. The highest BCUT2D eigenvalue weighted by Crippen LogP contribution is 2.30. The van der Waals surface area contributed by atoms with E-state index in [1.165, 1.54) is 45.2 Å². The van der Waals surface area contributed by atoms with Crippen LogP contribution >= 0.6 is 0 Å². The summed E-state index contributed by atoms with van der Waals surface area (Å²) in [6.07, 6.45) is 6.81. The molecule has 3 heteroatoms. The number of hydrogen-bond donors (Lipinski definition) is 1. The molecule has 3 atom stereocenters. The Labute approximate surface area is 131 Å². The summed E-state index contributed by atoms with van der Waals surface area (Å²) in [5, 5.41) is 3.80. The zero-order chi connectivity index (χ0) is 15.5. The van der Waals surface area contributed by atoms with E-state index in [1.807, 2.05) is 0 Å². The van der Waals surface area contributed by atoms with Crippen molar-refractivity contribution in [2.75, 3.05) is 26.2 Å². The molecule has 0 saturated carbocycles. The van der Waals surface area contributed by atoms with Gasteiger partial charge in [-0.05, 0) is 51.0 Å². The van der Waals surface area contributed by atoms with Crippen LogP contribution in [0.4, 0.5) is 0 Å². The second kappa shape index (κ2) is 6.97. The van der Waals surface area contributed by atoms with Gasteiger partial charge in [0.15, 0.2) is 0 Å². The third kappa shape index (κ3) is 4.43. The molecule has 2 rings (SSSR count). The predicted octanol–water partition coefficient (Wildman–Crippen LogP) is 3.43. The van der Waals surface area contributed by atoms with E-state index in [2.05, 4.69) is 44.8 Å². The normalized spacial score (nSPS) is 35.3. The van der Waals surface area contributed by atoms with E-state index in [9.17, 15) is 0 Å². The van der Waals surface area contributed by atoms with Crippen LogP contribution in [0.1, 0.15) is 66.7 Å². The van der Waals surface area contributed by atoms with Crippen molar-refractivity contribution in [3.05, 3.63) is 0 Å². The summed E-state index contributed by atoms with van der Waals surface area (Å²) in [5.74, 6) is 0. The van der Waals surface area contributed by atoms with Crippen LogP contribution in [0, 0.1) is 5.41 Å². The minimum Gasteiger partial charge on any atom is -0.378 e. The molecular weight excluding hydrogens is 260 g/mol. The standard InChI is InChI=1S/C18H36N2O/c1-6-18(5)14-19-16(17(2,3)4)13-20(18)11-7-9-15-10-8-12-21-15/h15-16,19H,6-14H2,1-5H3. The van der Waals surface area contributed by atoms with Gasteiger partial charge < -0.3 is 10.1 Å². The zero-order valence-electron chi connectivity index (χ0n) is 14.9. The van der Waals surface area contributed by atoms with Crippen molar-refractivity contribution in [3.63, 3.8) is 0 Å². The highest BCUT2D eigenvalue weighted by atomic mass is 16.5. The Balaban J connectivity index is 1.88. The monoisotopic (exact) mass is 296 g/mol. The van der Waals surface area contributed by atoms with Gasteiger partial charge in [-0.15, -0.1) is 0 Å². The number of ether oxygens (including phenoxy) is 1. The third-order valence-corrected chi connectivity index (χ3v) is 5.68. The Morgan fingerprint density at radius 2 is 2.10 bits per heavy atom. The number of hydrogen-bond acceptors (Lipinski definition) is 3. The van der Waals surface area contributed by atoms with Gasteiger partial charge in [-0.1, -0.05) is 27.7 Å². The lowest BCUT2D eigenvalue weighted by molar-refractivity contribution is 0.0169. The Kier molecular flexibility index (Phi) is 5.72. The molecule has 124 valence electrons. The fourth-order valence-electron chi connectivity index (χ4n) is 3.63. The van der Waals surface area contributed by atoms with Crippen LogP contribution in [0.2, 0.25) is 0 Å². The van der Waals surface area contributed by atoms with Gasteiger partial charge in [-0.2, -0.15) is 0 Å². The van der Waals surface area contributed by atoms with E-state index in [-0.39, 0.29) is 0 Å². The van der Waals surface area contributed by atoms with Crippen LogP contribution in [0.3, 0.4) is 0 Å². The lowest BCUT2D eigenvalue weighted by Crippen LogP contribution is -2.65. The van der Waals surface area contributed by atoms with Crippen molar-refractivity contribution in [1.82, 2.24) is 10.2 Å². The molecule has 2 aliphatic heterocycles. The van der Waals surface area contributed by atoms with E-state index in [0.717, 1.165) is 13.2 Å². The average molecular weight is 296 g/mol. The molecule has 2 heterocycles. The van der Waals surface area contributed by atoms with E-state index >= 15 is 0 Å². The number of piperazine rings is 1. The predicted molar refractivity (Wildman–Crippen MR) is 89.7 cm³/mol. The maximum atomic E-state index is 5.77. The fraction of sp³-hybridized carbons (Fsp3) is 1.00. The summed E-state index contributed by atoms with van der Waals surface area (Å²) in [6, 6.07) is 0.597. The van der Waals surface area contributed by atoms with Gasteiger partial charge in [-0.25, -0.2) is 0 Å². The van der Waals surface area contributed by atoms with E-state index in [0.29, 0.717) is 23.1 Å². The largest absolute Gasteiger partial charge is 0.378 e. The van der Waals surface area contributed by atoms with Crippen LogP contribution < -0.4 is 5.32 Å². The van der Waals surface area contributed by atoms with Crippen molar-refractivity contribution in [2.45, 2.75) is 84.4 Å². The summed E-state index contributed by atoms with van der Waals surface area (Å²) in [4.78, 5) is 2.74. The van der Waals surface area contributed by atoms with Crippen LogP contribution in [0.25, 0.3) is 0 Å². The van der Waals surface area contributed by atoms with Crippen molar-refractivity contribution >= 4 is 0 Å². The molecule has 2 aliphatic rings. The minimum atomic E-state index is 0.318. The Morgan fingerprint density at radius 1 is 1.33 bits per heavy atom. The van der Waals surface area contributed by atoms with Gasteiger partial charge in [0.1, 0.15) is 0 Å². The quantitative estimate of drug-likeness (QED) is 0.841. The number of nitrogens with one attached hydrogen (secondary N) is 1. The van der Waals surface area contributed by atoms with Gasteiger partial charge >= 0.3 is 0 Å². The number of nitrogens with zero attached hydrogens (tertiary/aromatic N) is 1. The topological polar surface area (TPSA) is 24.5 Å². The molecule has 2 saturated heterocycles. The van der Waals surface area contributed by atoms with Gasteiger partial charge in [0.2, 0.25) is 0 Å². The molecule has 0 aromatic heterocycles. The Bertz CT molecular complexity index is 320. The Morgan fingerprint density at radius 3 is 2.67 bits per heavy atom. The Hall–Kier alpha value is -0.120. The summed E-state index contributed by atoms with van der Waals surface area (Å²) >= 11 is 0. The molecule has 0 spiro atoms. The number of rotatable bonds is 5. The van der Waals surface area contributed by atoms with Gasteiger partial charge in [-0.3, -0.25) is 4.90 Å². The highest BCUT2D eigenvalue weighted by molar-refractivity contribution is 4.98. The van der Waals surface area contributed by atoms with Gasteiger partial charge in [0.05, 0.1) is 6.10 Å². The first-order chi connectivity index (χ1) is 9.85. The molecular formula is C18H36N2O. The fourth-order valence-corrected chi connectivity index (χ4v) is 3.63. The second-order valence-electron chi connectivity index (χ2n) is 8.37. The SMILES string of the molecule is CCC1(C)CNC(C(C)(C)C)CN1CCCC1CCCO1. The lowest BCUT2D eigenvalue weighted by Gasteiger charge is -2.51. The molecule has 0 aromatic rings. The maximum absolute atomic E-state index is 5.77. The molecule has 0 bridgehead atoms.